The van der Waals surface area contributed by atoms with Crippen LogP contribution in [0.5, 0.6) is 11.5 Å². The standard InChI is InChI=1S/C32H38N8O2S2/c1-3-42-28-20-22(8-9-27(28)41-2)21-38-16-12-24(13-17-38)40(32-37-26-7-5-15-34-30(26)44-32)39-18-10-23(11-19-39)35-31-36-25-6-4-14-33-29(25)43-31/h4-9,14-15,20,23-24H,3,10-13,16-19,21H2,1-2H3,(H,35,36). The Kier molecular flexibility index (Phi) is 8.74. The summed E-state index contributed by atoms with van der Waals surface area (Å²) in [5.41, 5.74) is 3.18. The van der Waals surface area contributed by atoms with Crippen molar-refractivity contribution in [2.45, 2.75) is 51.2 Å². The van der Waals surface area contributed by atoms with Gasteiger partial charge in [0.2, 0.25) is 5.13 Å². The van der Waals surface area contributed by atoms with E-state index in [1.54, 1.807) is 29.8 Å². The third kappa shape index (κ3) is 6.30. The lowest BCUT2D eigenvalue weighted by molar-refractivity contribution is 0.135. The maximum atomic E-state index is 5.83. The number of fused-ring (bicyclic) bond motifs is 2. The number of ether oxygens (including phenoxy) is 2. The summed E-state index contributed by atoms with van der Waals surface area (Å²) >= 11 is 3.34. The highest BCUT2D eigenvalue weighted by Gasteiger charge is 2.33. The fourth-order valence-electron chi connectivity index (χ4n) is 6.26. The van der Waals surface area contributed by atoms with Gasteiger partial charge in [-0.05, 0) is 74.6 Å². The van der Waals surface area contributed by atoms with Gasteiger partial charge in [-0.15, -0.1) is 0 Å². The first-order chi connectivity index (χ1) is 21.7. The van der Waals surface area contributed by atoms with Crippen LogP contribution in [0.15, 0.2) is 54.9 Å². The molecule has 1 N–H and O–H groups in total. The SMILES string of the molecule is CCOc1cc(CN2CCC(N(c3nc4cccnc4s3)N3CCC(Nc4nc5cccnc5s4)CC3)CC2)ccc1OC. The van der Waals surface area contributed by atoms with Gasteiger partial charge < -0.3 is 14.8 Å². The van der Waals surface area contributed by atoms with E-state index in [-0.39, 0.29) is 0 Å². The molecule has 0 spiro atoms. The monoisotopic (exact) mass is 630 g/mol. The Morgan fingerprint density at radius 2 is 1.61 bits per heavy atom. The number of rotatable bonds is 10. The zero-order valence-electron chi connectivity index (χ0n) is 25.2. The minimum absolute atomic E-state index is 0.388. The molecule has 12 heteroatoms. The lowest BCUT2D eigenvalue weighted by atomic mass is 10.0. The summed E-state index contributed by atoms with van der Waals surface area (Å²) in [6.07, 6.45) is 7.93. The molecule has 230 valence electrons. The average molecular weight is 631 g/mol. The fourth-order valence-corrected chi connectivity index (χ4v) is 8.16. The molecule has 0 atom stereocenters. The van der Waals surface area contributed by atoms with E-state index in [2.05, 4.69) is 48.4 Å². The van der Waals surface area contributed by atoms with E-state index in [0.717, 1.165) is 101 Å². The van der Waals surface area contributed by atoms with Gasteiger partial charge in [0.15, 0.2) is 16.6 Å². The maximum absolute atomic E-state index is 5.83. The number of likely N-dealkylation sites (tertiary alicyclic amines) is 1. The number of nitrogens with zero attached hydrogens (tertiary/aromatic N) is 7. The number of hydrogen-bond acceptors (Lipinski definition) is 12. The maximum Gasteiger partial charge on any atom is 0.202 e. The van der Waals surface area contributed by atoms with Crippen LogP contribution in [-0.2, 0) is 6.54 Å². The second-order valence-electron chi connectivity index (χ2n) is 11.3. The molecule has 1 aromatic carbocycles. The molecule has 10 nitrogen and oxygen atoms in total. The van der Waals surface area contributed by atoms with E-state index in [1.165, 1.54) is 5.56 Å². The Balaban J connectivity index is 1.03. The van der Waals surface area contributed by atoms with Crippen LogP contribution in [0.2, 0.25) is 0 Å². The molecule has 0 saturated carbocycles. The molecule has 2 fully saturated rings. The van der Waals surface area contributed by atoms with Crippen LogP contribution in [0.1, 0.15) is 38.2 Å². The van der Waals surface area contributed by atoms with Crippen LogP contribution in [0.3, 0.4) is 0 Å². The molecule has 2 aliphatic heterocycles. The topological polar surface area (TPSA) is 91.8 Å². The summed E-state index contributed by atoms with van der Waals surface area (Å²) in [4.78, 5) is 23.4. The third-order valence-electron chi connectivity index (χ3n) is 8.46. The van der Waals surface area contributed by atoms with E-state index < -0.39 is 0 Å². The van der Waals surface area contributed by atoms with E-state index in [9.17, 15) is 0 Å². The Morgan fingerprint density at radius 1 is 0.886 bits per heavy atom. The largest absolute Gasteiger partial charge is 0.493 e. The molecule has 7 rings (SSSR count). The Morgan fingerprint density at radius 3 is 2.30 bits per heavy atom. The first-order valence-corrected chi connectivity index (χ1v) is 17.1. The molecular formula is C32H38N8O2S2. The number of methoxy groups -OCH3 is 1. The summed E-state index contributed by atoms with van der Waals surface area (Å²) < 4.78 is 11.3. The summed E-state index contributed by atoms with van der Waals surface area (Å²) in [7, 11) is 1.69. The lowest BCUT2D eigenvalue weighted by Crippen LogP contribution is -2.56. The minimum atomic E-state index is 0.388. The van der Waals surface area contributed by atoms with Crippen molar-refractivity contribution >= 4 is 53.6 Å². The lowest BCUT2D eigenvalue weighted by Gasteiger charge is -2.46. The summed E-state index contributed by atoms with van der Waals surface area (Å²) in [6.45, 7) is 7.53. The van der Waals surface area contributed by atoms with Gasteiger partial charge >= 0.3 is 0 Å². The van der Waals surface area contributed by atoms with E-state index in [4.69, 9.17) is 19.4 Å². The van der Waals surface area contributed by atoms with Crippen molar-refractivity contribution in [3.63, 3.8) is 0 Å². The van der Waals surface area contributed by atoms with Gasteiger partial charge in [-0.3, -0.25) is 9.91 Å². The first-order valence-electron chi connectivity index (χ1n) is 15.4. The van der Waals surface area contributed by atoms with Crippen molar-refractivity contribution in [3.8, 4) is 11.5 Å². The van der Waals surface area contributed by atoms with Crippen molar-refractivity contribution in [2.24, 2.45) is 0 Å². The van der Waals surface area contributed by atoms with Crippen LogP contribution in [0.4, 0.5) is 10.3 Å². The van der Waals surface area contributed by atoms with Crippen LogP contribution in [0.25, 0.3) is 20.7 Å². The average Bonchev–Trinajstić information content (AvgIpc) is 3.67. The Hall–Kier alpha value is -3.58. The van der Waals surface area contributed by atoms with Crippen molar-refractivity contribution in [3.05, 3.63) is 60.4 Å². The highest BCUT2D eigenvalue weighted by molar-refractivity contribution is 7.22. The van der Waals surface area contributed by atoms with Crippen molar-refractivity contribution in [1.29, 1.82) is 0 Å². The van der Waals surface area contributed by atoms with Gasteiger partial charge in [0.05, 0.1) is 19.8 Å². The van der Waals surface area contributed by atoms with Gasteiger partial charge in [0.1, 0.15) is 20.7 Å². The zero-order valence-corrected chi connectivity index (χ0v) is 26.8. The number of benzene rings is 1. The molecule has 2 aliphatic rings. The van der Waals surface area contributed by atoms with Crippen LogP contribution < -0.4 is 19.8 Å². The highest BCUT2D eigenvalue weighted by atomic mass is 32.1. The van der Waals surface area contributed by atoms with Crippen molar-refractivity contribution in [1.82, 2.24) is 29.8 Å². The minimum Gasteiger partial charge on any atom is -0.493 e. The molecule has 0 amide bonds. The fraction of sp³-hybridized carbons (Fsp3) is 0.438. The quantitative estimate of drug-likeness (QED) is 0.196. The second kappa shape index (κ2) is 13.2. The highest BCUT2D eigenvalue weighted by Crippen LogP contribution is 2.35. The van der Waals surface area contributed by atoms with E-state index in [1.807, 2.05) is 43.6 Å². The van der Waals surface area contributed by atoms with Gasteiger partial charge in [0, 0.05) is 51.2 Å². The van der Waals surface area contributed by atoms with Gasteiger partial charge in [-0.2, -0.15) is 0 Å². The molecule has 0 aliphatic carbocycles. The molecule has 0 radical (unpaired) electrons. The van der Waals surface area contributed by atoms with E-state index in [0.29, 0.717) is 18.7 Å². The first kappa shape index (κ1) is 29.1. The smallest absolute Gasteiger partial charge is 0.202 e. The van der Waals surface area contributed by atoms with Crippen molar-refractivity contribution < 1.29 is 9.47 Å². The summed E-state index contributed by atoms with van der Waals surface area (Å²) in [5, 5.41) is 10.8. The van der Waals surface area contributed by atoms with Gasteiger partial charge in [0.25, 0.3) is 0 Å². The number of thiazole rings is 2. The summed E-state index contributed by atoms with van der Waals surface area (Å²) in [6, 6.07) is 15.1. The number of hydrazine groups is 1. The zero-order chi connectivity index (χ0) is 29.9. The molecule has 4 aromatic heterocycles. The van der Waals surface area contributed by atoms with E-state index >= 15 is 0 Å². The predicted octanol–water partition coefficient (Wildman–Crippen LogP) is 6.07. The molecule has 0 bridgehead atoms. The normalized spacial score (nSPS) is 17.3. The van der Waals surface area contributed by atoms with Crippen LogP contribution in [-0.4, -0.2) is 81.8 Å². The summed E-state index contributed by atoms with van der Waals surface area (Å²) in [5.74, 6) is 1.60. The van der Waals surface area contributed by atoms with Crippen LogP contribution in [0, 0.1) is 0 Å². The number of aromatic nitrogens is 4. The third-order valence-corrected chi connectivity index (χ3v) is 10.3. The molecule has 5 aromatic rings. The van der Waals surface area contributed by atoms with Gasteiger partial charge in [-0.25, -0.2) is 24.9 Å². The number of anilines is 2. The number of piperidine rings is 2. The Bertz CT molecular complexity index is 1630. The van der Waals surface area contributed by atoms with Gasteiger partial charge in [-0.1, -0.05) is 28.7 Å². The molecule has 2 saturated heterocycles. The van der Waals surface area contributed by atoms with Crippen LogP contribution >= 0.6 is 22.7 Å². The second-order valence-corrected chi connectivity index (χ2v) is 13.2. The molecule has 0 unspecified atom stereocenters. The number of pyridine rings is 2. The predicted molar refractivity (Wildman–Crippen MR) is 178 cm³/mol. The molecular weight excluding hydrogens is 593 g/mol. The Labute approximate surface area is 265 Å². The molecule has 6 heterocycles. The molecule has 44 heavy (non-hydrogen) atoms. The number of hydrogen-bond donors (Lipinski definition) is 1. The number of nitrogens with one attached hydrogen (secondary N) is 1. The van der Waals surface area contributed by atoms with Crippen molar-refractivity contribution in [2.75, 3.05) is 50.2 Å².